The molecule has 0 atom stereocenters. The number of rotatable bonds is 5. The molecule has 5 nitrogen and oxygen atoms in total. The Morgan fingerprint density at radius 3 is 2.13 bits per heavy atom. The van der Waals surface area contributed by atoms with E-state index in [0.717, 1.165) is 16.9 Å². The number of benzene rings is 3. The van der Waals surface area contributed by atoms with Crippen LogP contribution in [0.15, 0.2) is 72.8 Å². The fourth-order valence-electron chi connectivity index (χ4n) is 4.02. The summed E-state index contributed by atoms with van der Waals surface area (Å²) in [6.45, 7) is 3.08. The highest BCUT2D eigenvalue weighted by molar-refractivity contribution is 6.21. The van der Waals surface area contributed by atoms with Crippen molar-refractivity contribution in [2.24, 2.45) is 0 Å². The molecule has 0 unspecified atom stereocenters. The maximum absolute atomic E-state index is 12.7. The molecule has 0 aliphatic carbocycles. The fourth-order valence-corrected chi connectivity index (χ4v) is 4.02. The van der Waals surface area contributed by atoms with Crippen LogP contribution in [-0.4, -0.2) is 32.8 Å². The van der Waals surface area contributed by atoms with Crippen LogP contribution >= 0.6 is 0 Å². The zero-order valence-corrected chi connectivity index (χ0v) is 16.7. The number of hydrogen-bond donors (Lipinski definition) is 0. The number of aromatic nitrogens is 2. The van der Waals surface area contributed by atoms with Gasteiger partial charge in [-0.25, -0.2) is 4.98 Å². The Bertz CT molecular complexity index is 1240. The Kier molecular flexibility index (Phi) is 4.43. The van der Waals surface area contributed by atoms with Crippen LogP contribution in [-0.2, 0) is 13.0 Å². The zero-order valence-electron chi connectivity index (χ0n) is 16.7. The molecule has 0 bridgehead atoms. The molecule has 3 aromatic carbocycles. The summed E-state index contributed by atoms with van der Waals surface area (Å²) >= 11 is 0. The van der Waals surface area contributed by atoms with Crippen molar-refractivity contribution in [3.8, 4) is 0 Å². The molecule has 0 saturated heterocycles. The van der Waals surface area contributed by atoms with Crippen LogP contribution in [0.4, 0.5) is 0 Å². The van der Waals surface area contributed by atoms with Gasteiger partial charge in [0.1, 0.15) is 5.82 Å². The fraction of sp³-hybridized carbons (Fsp3) is 0.160. The first-order valence-electron chi connectivity index (χ1n) is 10.1. The molecule has 0 saturated carbocycles. The van der Waals surface area contributed by atoms with Gasteiger partial charge in [-0.1, -0.05) is 54.1 Å². The summed E-state index contributed by atoms with van der Waals surface area (Å²) in [4.78, 5) is 31.5. The van der Waals surface area contributed by atoms with Crippen molar-refractivity contribution in [3.05, 3.63) is 101 Å². The average Bonchev–Trinajstić information content (AvgIpc) is 3.23. The summed E-state index contributed by atoms with van der Waals surface area (Å²) in [6.07, 6.45) is 0.506. The number of amides is 2. The molecule has 1 aliphatic rings. The quantitative estimate of drug-likeness (QED) is 0.475. The highest BCUT2D eigenvalue weighted by Crippen LogP contribution is 2.24. The molecule has 1 aliphatic heterocycles. The number of hydrogen-bond acceptors (Lipinski definition) is 3. The Labute approximate surface area is 174 Å². The summed E-state index contributed by atoms with van der Waals surface area (Å²) in [5.41, 5.74) is 5.34. The van der Waals surface area contributed by atoms with Crippen molar-refractivity contribution < 1.29 is 9.59 Å². The summed E-state index contributed by atoms with van der Waals surface area (Å²) in [7, 11) is 0. The molecule has 2 amide bonds. The summed E-state index contributed by atoms with van der Waals surface area (Å²) in [5, 5.41) is 0. The minimum Gasteiger partial charge on any atom is -0.323 e. The third-order valence-electron chi connectivity index (χ3n) is 5.63. The lowest BCUT2D eigenvalue weighted by atomic mass is 10.1. The van der Waals surface area contributed by atoms with Crippen LogP contribution in [0.5, 0.6) is 0 Å². The number of aryl methyl sites for hydroxylation is 1. The van der Waals surface area contributed by atoms with Crippen molar-refractivity contribution in [1.82, 2.24) is 14.5 Å². The van der Waals surface area contributed by atoms with Gasteiger partial charge in [0.2, 0.25) is 0 Å². The second-order valence-corrected chi connectivity index (χ2v) is 7.65. The molecular formula is C25H21N3O2. The normalized spacial score (nSPS) is 13.3. The van der Waals surface area contributed by atoms with Crippen LogP contribution in [0.25, 0.3) is 11.0 Å². The van der Waals surface area contributed by atoms with Gasteiger partial charge in [-0.05, 0) is 36.8 Å². The minimum absolute atomic E-state index is 0.225. The summed E-state index contributed by atoms with van der Waals surface area (Å²) in [5.74, 6) is 0.418. The largest absolute Gasteiger partial charge is 0.323 e. The monoisotopic (exact) mass is 395 g/mol. The first-order valence-corrected chi connectivity index (χ1v) is 10.1. The minimum atomic E-state index is -0.225. The maximum Gasteiger partial charge on any atom is 0.261 e. The molecule has 0 fully saturated rings. The number of carbonyl (C=O) groups is 2. The number of imide groups is 1. The predicted octanol–water partition coefficient (Wildman–Crippen LogP) is 4.23. The van der Waals surface area contributed by atoms with Gasteiger partial charge < -0.3 is 4.57 Å². The van der Waals surface area contributed by atoms with Gasteiger partial charge in [0.15, 0.2) is 0 Å². The molecule has 1 aromatic heterocycles. The second kappa shape index (κ2) is 7.26. The second-order valence-electron chi connectivity index (χ2n) is 7.65. The highest BCUT2D eigenvalue weighted by Gasteiger charge is 2.34. The lowest BCUT2D eigenvalue weighted by molar-refractivity contribution is 0.0655. The Hall–Kier alpha value is -3.73. The topological polar surface area (TPSA) is 55.2 Å². The lowest BCUT2D eigenvalue weighted by Crippen LogP contribution is -2.32. The molecule has 4 aromatic rings. The van der Waals surface area contributed by atoms with Gasteiger partial charge in [-0.15, -0.1) is 0 Å². The number of para-hydroxylation sites is 2. The van der Waals surface area contributed by atoms with Gasteiger partial charge in [-0.2, -0.15) is 0 Å². The van der Waals surface area contributed by atoms with E-state index in [1.807, 2.05) is 18.2 Å². The van der Waals surface area contributed by atoms with Crippen LogP contribution in [0.1, 0.15) is 37.7 Å². The average molecular weight is 395 g/mol. The van der Waals surface area contributed by atoms with Crippen molar-refractivity contribution in [2.75, 3.05) is 6.54 Å². The zero-order chi connectivity index (χ0) is 20.7. The smallest absolute Gasteiger partial charge is 0.261 e. The van der Waals surface area contributed by atoms with Gasteiger partial charge in [0, 0.05) is 19.5 Å². The molecule has 0 spiro atoms. The first kappa shape index (κ1) is 18.3. The van der Waals surface area contributed by atoms with Crippen molar-refractivity contribution in [2.45, 2.75) is 19.9 Å². The summed E-state index contributed by atoms with van der Waals surface area (Å²) < 4.78 is 2.18. The maximum atomic E-state index is 12.7. The van der Waals surface area contributed by atoms with E-state index in [-0.39, 0.29) is 11.8 Å². The van der Waals surface area contributed by atoms with Crippen molar-refractivity contribution >= 4 is 22.8 Å². The number of imidazole rings is 1. The Balaban J connectivity index is 1.44. The molecule has 5 rings (SSSR count). The van der Waals surface area contributed by atoms with Gasteiger partial charge >= 0.3 is 0 Å². The predicted molar refractivity (Wildman–Crippen MR) is 116 cm³/mol. The number of carbonyl (C=O) groups excluding carboxylic acids is 2. The summed E-state index contributed by atoms with van der Waals surface area (Å²) in [6, 6.07) is 23.5. The Morgan fingerprint density at radius 2 is 1.43 bits per heavy atom. The van der Waals surface area contributed by atoms with Crippen molar-refractivity contribution in [1.29, 1.82) is 0 Å². The lowest BCUT2D eigenvalue weighted by Gasteiger charge is -2.15. The Morgan fingerprint density at radius 1 is 0.800 bits per heavy atom. The van der Waals surface area contributed by atoms with Crippen LogP contribution < -0.4 is 0 Å². The van der Waals surface area contributed by atoms with Crippen LogP contribution in [0.3, 0.4) is 0 Å². The molecule has 0 N–H and O–H groups in total. The standard InChI is InChI=1S/C25H21N3O2/c1-17-10-12-18(13-11-17)16-28-22-9-5-4-8-21(22)26-23(28)14-15-27-24(29)19-6-2-3-7-20(19)25(27)30/h2-13H,14-16H2,1H3. The van der Waals surface area contributed by atoms with E-state index >= 15 is 0 Å². The van der Waals surface area contributed by atoms with E-state index in [1.54, 1.807) is 24.3 Å². The van der Waals surface area contributed by atoms with E-state index in [4.69, 9.17) is 4.98 Å². The molecular weight excluding hydrogens is 374 g/mol. The van der Waals surface area contributed by atoms with Crippen LogP contribution in [0, 0.1) is 6.92 Å². The van der Waals surface area contributed by atoms with Crippen molar-refractivity contribution in [3.63, 3.8) is 0 Å². The van der Waals surface area contributed by atoms with Crippen LogP contribution in [0.2, 0.25) is 0 Å². The van der Waals surface area contributed by atoms with E-state index in [2.05, 4.69) is 41.8 Å². The molecule has 30 heavy (non-hydrogen) atoms. The molecule has 2 heterocycles. The van der Waals surface area contributed by atoms with Gasteiger partial charge in [-0.3, -0.25) is 14.5 Å². The van der Waals surface area contributed by atoms with E-state index in [0.29, 0.717) is 30.6 Å². The van der Waals surface area contributed by atoms with E-state index in [9.17, 15) is 9.59 Å². The van der Waals surface area contributed by atoms with Gasteiger partial charge in [0.25, 0.3) is 11.8 Å². The number of nitrogens with zero attached hydrogens (tertiary/aromatic N) is 3. The molecule has 148 valence electrons. The van der Waals surface area contributed by atoms with Gasteiger partial charge in [0.05, 0.1) is 22.2 Å². The highest BCUT2D eigenvalue weighted by atomic mass is 16.2. The van der Waals surface area contributed by atoms with E-state index in [1.165, 1.54) is 16.0 Å². The third kappa shape index (κ3) is 3.08. The first-order chi connectivity index (χ1) is 14.6. The SMILES string of the molecule is Cc1ccc(Cn2c(CCN3C(=O)c4ccccc4C3=O)nc3ccccc32)cc1. The third-order valence-corrected chi connectivity index (χ3v) is 5.63. The molecule has 0 radical (unpaired) electrons. The molecule has 5 heteroatoms. The number of fused-ring (bicyclic) bond motifs is 2. The van der Waals surface area contributed by atoms with E-state index < -0.39 is 0 Å².